The minimum Gasteiger partial charge on any atom is -0.442 e. The van der Waals surface area contributed by atoms with Gasteiger partial charge in [0, 0.05) is 17.3 Å². The van der Waals surface area contributed by atoms with Gasteiger partial charge in [-0.1, -0.05) is 12.1 Å². The van der Waals surface area contributed by atoms with Gasteiger partial charge in [0.1, 0.15) is 24.0 Å². The summed E-state index contributed by atoms with van der Waals surface area (Å²) >= 11 is 0. The Hall–Kier alpha value is -2.96. The van der Waals surface area contributed by atoms with Crippen LogP contribution in [0.2, 0.25) is 0 Å². The number of nitrogens with one attached hydrogen (secondary N) is 1. The summed E-state index contributed by atoms with van der Waals surface area (Å²) in [6, 6.07) is 7.94. The largest absolute Gasteiger partial charge is 0.442 e. The average Bonchev–Trinajstić information content (AvgIpc) is 2.48. The molecule has 0 saturated heterocycles. The third kappa shape index (κ3) is 2.66. The zero-order valence-electron chi connectivity index (χ0n) is 10.8. The van der Waals surface area contributed by atoms with Crippen LogP contribution in [0, 0.1) is 5.82 Å². The van der Waals surface area contributed by atoms with Crippen molar-refractivity contribution in [2.45, 2.75) is 0 Å². The number of amides is 1. The van der Waals surface area contributed by atoms with E-state index in [-0.39, 0.29) is 6.61 Å². The molecule has 6 nitrogen and oxygen atoms in total. The van der Waals surface area contributed by atoms with Crippen LogP contribution in [0.4, 0.5) is 15.0 Å². The zero-order chi connectivity index (χ0) is 14.8. The molecule has 0 fully saturated rings. The Bertz CT molecular complexity index is 746. The fourth-order valence-corrected chi connectivity index (χ4v) is 2.00. The molecule has 0 unspecified atom stereocenters. The molecule has 0 aliphatic carbocycles. The van der Waals surface area contributed by atoms with Crippen LogP contribution in [0.15, 0.2) is 41.6 Å². The van der Waals surface area contributed by atoms with Crippen LogP contribution < -0.4 is 11.2 Å². The van der Waals surface area contributed by atoms with Crippen molar-refractivity contribution in [1.82, 2.24) is 10.4 Å². The minimum absolute atomic E-state index is 0.00677. The van der Waals surface area contributed by atoms with E-state index in [1.165, 1.54) is 12.3 Å². The van der Waals surface area contributed by atoms with Crippen molar-refractivity contribution in [3.8, 4) is 11.1 Å². The first-order chi connectivity index (χ1) is 10.1. The maximum Gasteiger partial charge on any atom is 0.428 e. The van der Waals surface area contributed by atoms with Crippen molar-refractivity contribution in [1.29, 1.82) is 0 Å². The first-order valence-corrected chi connectivity index (χ1v) is 6.14. The maximum absolute atomic E-state index is 14.3. The van der Waals surface area contributed by atoms with Crippen molar-refractivity contribution in [3.05, 3.63) is 47.9 Å². The second-order valence-corrected chi connectivity index (χ2v) is 4.41. The summed E-state index contributed by atoms with van der Waals surface area (Å²) in [5.41, 5.74) is 9.82. The lowest BCUT2D eigenvalue weighted by molar-refractivity contribution is 0.157. The number of carbonyl (C=O) groups is 1. The number of cyclic esters (lactones) is 1. The van der Waals surface area contributed by atoms with Gasteiger partial charge in [0.15, 0.2) is 0 Å². The Morgan fingerprint density at radius 3 is 2.76 bits per heavy atom. The van der Waals surface area contributed by atoms with Gasteiger partial charge in [0.05, 0.1) is 0 Å². The highest BCUT2D eigenvalue weighted by Gasteiger charge is 2.16. The van der Waals surface area contributed by atoms with Crippen LogP contribution in [0.1, 0.15) is 5.56 Å². The second-order valence-electron chi connectivity index (χ2n) is 4.41. The number of hydrazone groups is 1. The number of ether oxygens (including phenoxy) is 1. The summed E-state index contributed by atoms with van der Waals surface area (Å²) < 4.78 is 19.0. The quantitative estimate of drug-likeness (QED) is 0.882. The number of hydrogen-bond donors (Lipinski definition) is 2. The molecule has 1 amide bonds. The predicted molar refractivity (Wildman–Crippen MR) is 75.1 cm³/mol. The molecule has 0 saturated carbocycles. The molecule has 2 aromatic rings. The number of carbonyl (C=O) groups excluding carboxylic acids is 1. The summed E-state index contributed by atoms with van der Waals surface area (Å²) in [6.45, 7) is 0.00677. The van der Waals surface area contributed by atoms with Crippen molar-refractivity contribution < 1.29 is 13.9 Å². The molecule has 3 N–H and O–H groups in total. The number of halogens is 1. The van der Waals surface area contributed by atoms with Gasteiger partial charge >= 0.3 is 6.09 Å². The molecule has 21 heavy (non-hydrogen) atoms. The molecule has 106 valence electrons. The number of nitrogens with two attached hydrogens (primary N) is 1. The van der Waals surface area contributed by atoms with Crippen LogP contribution in [-0.4, -0.2) is 23.4 Å². The van der Waals surface area contributed by atoms with Crippen LogP contribution >= 0.6 is 0 Å². The Labute approximate surface area is 119 Å². The Kier molecular flexibility index (Phi) is 3.23. The molecule has 0 bridgehead atoms. The summed E-state index contributed by atoms with van der Waals surface area (Å²) in [6.07, 6.45) is 0.898. The molecule has 0 radical (unpaired) electrons. The van der Waals surface area contributed by atoms with E-state index in [1.54, 1.807) is 24.3 Å². The molecule has 7 heteroatoms. The van der Waals surface area contributed by atoms with E-state index in [0.717, 1.165) is 0 Å². The fraction of sp³-hybridized carbons (Fsp3) is 0.0714. The first-order valence-electron chi connectivity index (χ1n) is 6.14. The number of nitrogen functional groups attached to an aromatic ring is 1. The highest BCUT2D eigenvalue weighted by molar-refractivity contribution is 6.03. The molecule has 1 aromatic carbocycles. The molecule has 1 aliphatic heterocycles. The Morgan fingerprint density at radius 1 is 1.24 bits per heavy atom. The Balaban J connectivity index is 1.95. The van der Waals surface area contributed by atoms with Crippen LogP contribution in [0.25, 0.3) is 11.1 Å². The van der Waals surface area contributed by atoms with Crippen LogP contribution in [0.5, 0.6) is 0 Å². The lowest BCUT2D eigenvalue weighted by Gasteiger charge is -2.14. The van der Waals surface area contributed by atoms with Gasteiger partial charge in [0.2, 0.25) is 0 Å². The minimum atomic E-state index is -0.622. The lowest BCUT2D eigenvalue weighted by atomic mass is 10.0. The third-order valence-corrected chi connectivity index (χ3v) is 3.02. The monoisotopic (exact) mass is 286 g/mol. The number of nitrogens with zero attached hydrogens (tertiary/aromatic N) is 2. The number of rotatable bonds is 2. The van der Waals surface area contributed by atoms with E-state index in [0.29, 0.717) is 28.2 Å². The number of benzene rings is 1. The Morgan fingerprint density at radius 2 is 2.10 bits per heavy atom. The maximum atomic E-state index is 14.3. The number of pyridine rings is 1. The van der Waals surface area contributed by atoms with E-state index in [2.05, 4.69) is 15.5 Å². The van der Waals surface area contributed by atoms with Gasteiger partial charge in [0.25, 0.3) is 0 Å². The molecule has 3 rings (SSSR count). The average molecular weight is 286 g/mol. The predicted octanol–water partition coefficient (Wildman–Crippen LogP) is 1.91. The second kappa shape index (κ2) is 5.20. The fourth-order valence-electron chi connectivity index (χ4n) is 2.00. The summed E-state index contributed by atoms with van der Waals surface area (Å²) in [5.74, 6) is -0.0959. The normalized spacial score (nSPS) is 14.1. The molecule has 0 atom stereocenters. The van der Waals surface area contributed by atoms with Gasteiger partial charge in [-0.25, -0.2) is 19.6 Å². The first kappa shape index (κ1) is 13.0. The van der Waals surface area contributed by atoms with Gasteiger partial charge in [-0.05, 0) is 23.8 Å². The number of aromatic nitrogens is 1. The topological polar surface area (TPSA) is 89.6 Å². The van der Waals surface area contributed by atoms with Gasteiger partial charge < -0.3 is 10.5 Å². The van der Waals surface area contributed by atoms with E-state index in [1.807, 2.05) is 0 Å². The van der Waals surface area contributed by atoms with E-state index < -0.39 is 11.9 Å². The SMILES string of the molecule is Nc1cc(-c2ccc(C3=NNC(=O)OC3)cc2F)ccn1. The highest BCUT2D eigenvalue weighted by atomic mass is 19.1. The summed E-state index contributed by atoms with van der Waals surface area (Å²) in [4.78, 5) is 14.7. The lowest BCUT2D eigenvalue weighted by Crippen LogP contribution is -2.30. The molecule has 2 heterocycles. The standard InChI is InChI=1S/C14H11FN4O2/c15-11-5-9(12-7-21-14(20)19-18-12)1-2-10(11)8-3-4-17-13(16)6-8/h1-6H,7H2,(H2,16,17)(H,19,20). The summed E-state index contributed by atoms with van der Waals surface area (Å²) in [7, 11) is 0. The molecule has 1 aliphatic rings. The molecule has 1 aromatic heterocycles. The molecular weight excluding hydrogens is 275 g/mol. The van der Waals surface area contributed by atoms with Crippen LogP contribution in [-0.2, 0) is 4.74 Å². The highest BCUT2D eigenvalue weighted by Crippen LogP contribution is 2.24. The van der Waals surface area contributed by atoms with E-state index >= 15 is 0 Å². The smallest absolute Gasteiger partial charge is 0.428 e. The van der Waals surface area contributed by atoms with Gasteiger partial charge in [-0.3, -0.25) is 0 Å². The van der Waals surface area contributed by atoms with Crippen molar-refractivity contribution >= 4 is 17.6 Å². The van der Waals surface area contributed by atoms with Crippen LogP contribution in [0.3, 0.4) is 0 Å². The number of anilines is 1. The van der Waals surface area contributed by atoms with Gasteiger partial charge in [-0.2, -0.15) is 5.10 Å². The zero-order valence-corrected chi connectivity index (χ0v) is 10.8. The van der Waals surface area contributed by atoms with E-state index in [9.17, 15) is 9.18 Å². The van der Waals surface area contributed by atoms with Gasteiger partial charge in [-0.15, -0.1) is 0 Å². The van der Waals surface area contributed by atoms with Crippen molar-refractivity contribution in [3.63, 3.8) is 0 Å². The number of hydrogen-bond acceptors (Lipinski definition) is 5. The third-order valence-electron chi connectivity index (χ3n) is 3.02. The molecular formula is C14H11FN4O2. The molecule has 0 spiro atoms. The van der Waals surface area contributed by atoms with E-state index in [4.69, 9.17) is 10.5 Å². The van der Waals surface area contributed by atoms with Crippen molar-refractivity contribution in [2.24, 2.45) is 5.10 Å². The van der Waals surface area contributed by atoms with Crippen molar-refractivity contribution in [2.75, 3.05) is 12.3 Å². The summed E-state index contributed by atoms with van der Waals surface area (Å²) in [5, 5.41) is 3.83.